The summed E-state index contributed by atoms with van der Waals surface area (Å²) >= 11 is 0. The summed E-state index contributed by atoms with van der Waals surface area (Å²) in [5, 5.41) is 7.49. The van der Waals surface area contributed by atoms with E-state index in [1.807, 2.05) is 20.1 Å². The molecule has 1 aromatic heterocycles. The number of rotatable bonds is 4. The second-order valence-corrected chi connectivity index (χ2v) is 5.41. The summed E-state index contributed by atoms with van der Waals surface area (Å²) in [7, 11) is 1.83. The van der Waals surface area contributed by atoms with Gasteiger partial charge in [0.05, 0.1) is 18.3 Å². The molecule has 0 radical (unpaired) electrons. The number of aromatic nitrogens is 1. The van der Waals surface area contributed by atoms with Gasteiger partial charge in [0, 0.05) is 24.6 Å². The van der Waals surface area contributed by atoms with Gasteiger partial charge in [0.2, 0.25) is 0 Å². The van der Waals surface area contributed by atoms with Crippen molar-refractivity contribution >= 4 is 0 Å². The Balaban J connectivity index is 1.56. The maximum absolute atomic E-state index is 5.55. The first-order valence-corrected chi connectivity index (χ1v) is 6.43. The van der Waals surface area contributed by atoms with Crippen molar-refractivity contribution in [3.63, 3.8) is 0 Å². The number of hydrogen-bond acceptors (Lipinski definition) is 4. The van der Waals surface area contributed by atoms with Crippen LogP contribution in [0.1, 0.15) is 37.1 Å². The number of hydrogen-bond donors (Lipinski definition) is 1. The molecule has 2 atom stereocenters. The zero-order valence-electron chi connectivity index (χ0n) is 10.5. The van der Waals surface area contributed by atoms with Gasteiger partial charge in [0.25, 0.3) is 0 Å². The van der Waals surface area contributed by atoms with Crippen molar-refractivity contribution in [2.45, 2.75) is 51.3 Å². The van der Waals surface area contributed by atoms with Crippen LogP contribution >= 0.6 is 0 Å². The smallest absolute Gasteiger partial charge is 0.150 e. The van der Waals surface area contributed by atoms with E-state index in [0.29, 0.717) is 17.6 Å². The first-order chi connectivity index (χ1) is 8.24. The lowest BCUT2D eigenvalue weighted by Crippen LogP contribution is -2.66. The molecule has 4 nitrogen and oxygen atoms in total. The van der Waals surface area contributed by atoms with E-state index in [-0.39, 0.29) is 0 Å². The van der Waals surface area contributed by atoms with Gasteiger partial charge in [-0.3, -0.25) is 0 Å². The molecule has 0 saturated heterocycles. The molecule has 17 heavy (non-hydrogen) atoms. The quantitative estimate of drug-likeness (QED) is 0.869. The fraction of sp³-hybridized carbons (Fsp3) is 0.769. The average molecular weight is 236 g/mol. The van der Waals surface area contributed by atoms with Crippen LogP contribution in [0.5, 0.6) is 0 Å². The molecule has 0 aromatic carbocycles. The van der Waals surface area contributed by atoms with Crippen molar-refractivity contribution in [3.05, 3.63) is 17.5 Å². The zero-order chi connectivity index (χ0) is 11.9. The normalized spacial score (nSPS) is 30.0. The molecule has 1 spiro atoms. The Labute approximate surface area is 102 Å². The van der Waals surface area contributed by atoms with Gasteiger partial charge in [-0.15, -0.1) is 0 Å². The fourth-order valence-corrected chi connectivity index (χ4v) is 3.34. The van der Waals surface area contributed by atoms with Gasteiger partial charge in [-0.1, -0.05) is 11.6 Å². The molecule has 4 heteroatoms. The highest BCUT2D eigenvalue weighted by molar-refractivity contribution is 5.13. The average Bonchev–Trinajstić information content (AvgIpc) is 2.61. The molecule has 1 heterocycles. The van der Waals surface area contributed by atoms with E-state index < -0.39 is 0 Å². The van der Waals surface area contributed by atoms with Gasteiger partial charge in [-0.25, -0.2) is 0 Å². The molecule has 1 aromatic rings. The van der Waals surface area contributed by atoms with E-state index >= 15 is 0 Å². The molecule has 0 amide bonds. The molecule has 2 fully saturated rings. The number of aryl methyl sites for hydroxylation is 1. The van der Waals surface area contributed by atoms with Crippen molar-refractivity contribution in [2.24, 2.45) is 5.41 Å². The number of nitrogens with one attached hydrogen (secondary N) is 1. The minimum atomic E-state index is 0.420. The van der Waals surface area contributed by atoms with Crippen molar-refractivity contribution in [2.75, 3.05) is 7.11 Å². The molecule has 3 rings (SSSR count). The van der Waals surface area contributed by atoms with Crippen LogP contribution in [-0.4, -0.2) is 24.4 Å². The Bertz CT molecular complexity index is 398. The van der Waals surface area contributed by atoms with Gasteiger partial charge in [0.15, 0.2) is 5.76 Å². The van der Waals surface area contributed by atoms with Crippen LogP contribution in [0.15, 0.2) is 10.6 Å². The van der Waals surface area contributed by atoms with Gasteiger partial charge in [-0.2, -0.15) is 0 Å². The largest absolute Gasteiger partial charge is 0.381 e. The molecule has 2 aliphatic rings. The Morgan fingerprint density at radius 2 is 2.41 bits per heavy atom. The second kappa shape index (κ2) is 4.10. The van der Waals surface area contributed by atoms with Crippen LogP contribution in [0.3, 0.4) is 0 Å². The highest BCUT2D eigenvalue weighted by Gasteiger charge is 2.58. The van der Waals surface area contributed by atoms with Gasteiger partial charge < -0.3 is 14.6 Å². The third kappa shape index (κ3) is 1.70. The minimum absolute atomic E-state index is 0.420. The first-order valence-electron chi connectivity index (χ1n) is 6.43. The van der Waals surface area contributed by atoms with E-state index in [9.17, 15) is 0 Å². The predicted molar refractivity (Wildman–Crippen MR) is 63.6 cm³/mol. The molecular weight excluding hydrogens is 216 g/mol. The van der Waals surface area contributed by atoms with Crippen molar-refractivity contribution in [1.82, 2.24) is 10.5 Å². The highest BCUT2D eigenvalue weighted by Crippen LogP contribution is 2.57. The number of methoxy groups -OCH3 is 1. The maximum atomic E-state index is 5.55. The molecule has 2 aliphatic carbocycles. The third-order valence-corrected chi connectivity index (χ3v) is 4.55. The summed E-state index contributed by atoms with van der Waals surface area (Å²) in [5.74, 6) is 0.929. The molecule has 2 saturated carbocycles. The Kier molecular flexibility index (Phi) is 2.71. The van der Waals surface area contributed by atoms with Crippen molar-refractivity contribution in [3.8, 4) is 0 Å². The molecular formula is C13H20N2O2. The molecule has 0 aliphatic heterocycles. The van der Waals surface area contributed by atoms with Crippen molar-refractivity contribution < 1.29 is 9.26 Å². The summed E-state index contributed by atoms with van der Waals surface area (Å²) in [6.45, 7) is 2.73. The first kappa shape index (κ1) is 11.2. The topological polar surface area (TPSA) is 47.3 Å². The molecule has 1 N–H and O–H groups in total. The Morgan fingerprint density at radius 3 is 2.94 bits per heavy atom. The summed E-state index contributed by atoms with van der Waals surface area (Å²) in [6, 6.07) is 2.58. The zero-order valence-corrected chi connectivity index (χ0v) is 10.5. The van der Waals surface area contributed by atoms with Crippen LogP contribution < -0.4 is 5.32 Å². The maximum Gasteiger partial charge on any atom is 0.150 e. The molecule has 94 valence electrons. The van der Waals surface area contributed by atoms with Gasteiger partial charge in [-0.05, 0) is 26.2 Å². The lowest BCUT2D eigenvalue weighted by atomic mass is 9.51. The second-order valence-electron chi connectivity index (χ2n) is 5.41. The van der Waals surface area contributed by atoms with E-state index in [0.717, 1.165) is 24.4 Å². The van der Waals surface area contributed by atoms with Crippen LogP contribution in [-0.2, 0) is 11.3 Å². The van der Waals surface area contributed by atoms with Crippen molar-refractivity contribution in [1.29, 1.82) is 0 Å². The summed E-state index contributed by atoms with van der Waals surface area (Å²) in [5.41, 5.74) is 1.37. The molecule has 0 bridgehead atoms. The number of ether oxygens (including phenoxy) is 1. The predicted octanol–water partition coefficient (Wildman–Crippen LogP) is 2.03. The highest BCUT2D eigenvalue weighted by atomic mass is 16.5. The number of nitrogens with zero attached hydrogens (tertiary/aromatic N) is 1. The SMILES string of the molecule is COC1CC(NCc2cc(C)no2)C12CCC2. The van der Waals surface area contributed by atoms with Gasteiger partial charge in [0.1, 0.15) is 0 Å². The van der Waals surface area contributed by atoms with E-state index in [1.165, 1.54) is 19.3 Å². The Morgan fingerprint density at radius 1 is 1.59 bits per heavy atom. The van der Waals surface area contributed by atoms with E-state index in [4.69, 9.17) is 9.26 Å². The summed E-state index contributed by atoms with van der Waals surface area (Å²) in [6.07, 6.45) is 5.55. The monoisotopic (exact) mass is 236 g/mol. The van der Waals surface area contributed by atoms with Gasteiger partial charge >= 0.3 is 0 Å². The standard InChI is InChI=1S/C13H20N2O2/c1-9-6-10(17-15-9)8-14-11-7-12(16-2)13(11)4-3-5-13/h6,11-12,14H,3-5,7-8H2,1-2H3. The fourth-order valence-electron chi connectivity index (χ4n) is 3.34. The van der Waals surface area contributed by atoms with Crippen LogP contribution in [0, 0.1) is 12.3 Å². The van der Waals surface area contributed by atoms with Crippen LogP contribution in [0.4, 0.5) is 0 Å². The van der Waals surface area contributed by atoms with E-state index in [2.05, 4.69) is 10.5 Å². The Hall–Kier alpha value is -0.870. The molecule has 2 unspecified atom stereocenters. The van der Waals surface area contributed by atoms with E-state index in [1.54, 1.807) is 0 Å². The summed E-state index contributed by atoms with van der Waals surface area (Å²) < 4.78 is 10.8. The third-order valence-electron chi connectivity index (χ3n) is 4.55. The van der Waals surface area contributed by atoms with Crippen LogP contribution in [0.25, 0.3) is 0 Å². The lowest BCUT2D eigenvalue weighted by molar-refractivity contribution is -0.162. The lowest BCUT2D eigenvalue weighted by Gasteiger charge is -2.61. The minimum Gasteiger partial charge on any atom is -0.381 e. The summed E-state index contributed by atoms with van der Waals surface area (Å²) in [4.78, 5) is 0. The van der Waals surface area contributed by atoms with Crippen LogP contribution in [0.2, 0.25) is 0 Å².